The summed E-state index contributed by atoms with van der Waals surface area (Å²) >= 11 is 0. The molecule has 0 saturated heterocycles. The number of hydrogen-bond acceptors (Lipinski definition) is 4. The molecule has 2 heterocycles. The van der Waals surface area contributed by atoms with Crippen molar-refractivity contribution in [1.82, 2.24) is 14.8 Å². The summed E-state index contributed by atoms with van der Waals surface area (Å²) in [5.74, 6) is -0.254. The van der Waals surface area contributed by atoms with E-state index in [4.69, 9.17) is 4.74 Å². The lowest BCUT2D eigenvalue weighted by atomic mass is 9.59. The Balaban J connectivity index is 1.51. The van der Waals surface area contributed by atoms with Crippen LogP contribution >= 0.6 is 0 Å². The lowest BCUT2D eigenvalue weighted by Gasteiger charge is -2.47. The number of rotatable bonds is 8. The minimum atomic E-state index is -0.585. The number of fused-ring (bicyclic) bond motifs is 2. The molecule has 4 atom stereocenters. The second kappa shape index (κ2) is 9.32. The molecule has 0 bridgehead atoms. The van der Waals surface area contributed by atoms with Crippen LogP contribution in [0, 0.1) is 16.6 Å². The van der Waals surface area contributed by atoms with E-state index in [-0.39, 0.29) is 22.8 Å². The number of aromatic nitrogens is 3. The Kier molecular flexibility index (Phi) is 6.36. The third-order valence-corrected chi connectivity index (χ3v) is 8.46. The maximum atomic E-state index is 13.5. The molecule has 6 heteroatoms. The van der Waals surface area contributed by atoms with Crippen LogP contribution in [0.5, 0.6) is 0 Å². The average Bonchev–Trinajstić information content (AvgIpc) is 3.40. The van der Waals surface area contributed by atoms with Crippen molar-refractivity contribution in [3.8, 4) is 5.69 Å². The number of halogens is 1. The van der Waals surface area contributed by atoms with Gasteiger partial charge in [-0.25, -0.2) is 9.07 Å². The fourth-order valence-electron chi connectivity index (χ4n) is 5.93. The molecule has 0 radical (unpaired) electrons. The van der Waals surface area contributed by atoms with E-state index < -0.39 is 6.10 Å². The summed E-state index contributed by atoms with van der Waals surface area (Å²) in [6.45, 7) is 7.21. The van der Waals surface area contributed by atoms with E-state index in [1.807, 2.05) is 23.0 Å². The molecule has 1 aromatic carbocycles. The number of allylic oxidation sites excluding steroid dienone is 1. The molecule has 35 heavy (non-hydrogen) atoms. The van der Waals surface area contributed by atoms with E-state index in [9.17, 15) is 9.50 Å². The molecule has 2 aliphatic rings. The Labute approximate surface area is 206 Å². The van der Waals surface area contributed by atoms with Crippen LogP contribution in [0.2, 0.25) is 0 Å². The van der Waals surface area contributed by atoms with E-state index in [1.54, 1.807) is 24.5 Å². The van der Waals surface area contributed by atoms with E-state index in [0.29, 0.717) is 13.0 Å². The molecule has 2 aromatic heterocycles. The first-order valence-electron chi connectivity index (χ1n) is 12.6. The Hall–Kier alpha value is -2.83. The fraction of sp³-hybridized carbons (Fsp3) is 0.448. The quantitative estimate of drug-likeness (QED) is 0.429. The highest BCUT2D eigenvalue weighted by Gasteiger charge is 2.56. The molecule has 1 N–H and O–H groups in total. The Morgan fingerprint density at radius 2 is 1.91 bits per heavy atom. The van der Waals surface area contributed by atoms with Gasteiger partial charge in [-0.2, -0.15) is 5.10 Å². The summed E-state index contributed by atoms with van der Waals surface area (Å²) in [6, 6.07) is 10.3. The second-order valence-electron chi connectivity index (χ2n) is 10.4. The van der Waals surface area contributed by atoms with Crippen molar-refractivity contribution in [3.63, 3.8) is 0 Å². The SMILES string of the molecule is CCC(C)OCC1(CC(O)c2ccncc2)CCC2=Cc3c(cnn3-c3ccc(F)cc3)CC21C. The molecule has 0 aliphatic heterocycles. The van der Waals surface area contributed by atoms with Gasteiger partial charge in [0.1, 0.15) is 5.82 Å². The molecule has 2 aliphatic carbocycles. The van der Waals surface area contributed by atoms with Crippen LogP contribution in [0.25, 0.3) is 11.8 Å². The number of ether oxygens (including phenoxy) is 1. The predicted octanol–water partition coefficient (Wildman–Crippen LogP) is 6.07. The molecular weight excluding hydrogens is 441 g/mol. The summed E-state index contributed by atoms with van der Waals surface area (Å²) in [5.41, 5.74) is 5.00. The second-order valence-corrected chi connectivity index (χ2v) is 10.4. The van der Waals surface area contributed by atoms with Gasteiger partial charge in [-0.05, 0) is 92.6 Å². The third kappa shape index (κ3) is 4.23. The highest BCUT2D eigenvalue weighted by atomic mass is 19.1. The Morgan fingerprint density at radius 1 is 1.17 bits per heavy atom. The summed E-state index contributed by atoms with van der Waals surface area (Å²) in [5, 5.41) is 16.0. The lowest BCUT2D eigenvalue weighted by Crippen LogP contribution is -2.44. The summed E-state index contributed by atoms with van der Waals surface area (Å²) in [6.07, 6.45) is 11.6. The van der Waals surface area contributed by atoms with Gasteiger partial charge in [-0.3, -0.25) is 4.98 Å². The van der Waals surface area contributed by atoms with Crippen LogP contribution < -0.4 is 0 Å². The van der Waals surface area contributed by atoms with Gasteiger partial charge in [0, 0.05) is 23.2 Å². The maximum absolute atomic E-state index is 13.5. The zero-order valence-electron chi connectivity index (χ0n) is 20.7. The van der Waals surface area contributed by atoms with Crippen molar-refractivity contribution in [3.05, 3.63) is 83.2 Å². The number of benzene rings is 1. The van der Waals surface area contributed by atoms with Crippen LogP contribution in [0.3, 0.4) is 0 Å². The zero-order valence-corrected chi connectivity index (χ0v) is 20.7. The molecule has 184 valence electrons. The average molecular weight is 476 g/mol. The molecule has 1 saturated carbocycles. The molecule has 1 fully saturated rings. The van der Waals surface area contributed by atoms with Crippen molar-refractivity contribution >= 4 is 6.08 Å². The van der Waals surface area contributed by atoms with Gasteiger partial charge in [0.25, 0.3) is 0 Å². The topological polar surface area (TPSA) is 60.2 Å². The smallest absolute Gasteiger partial charge is 0.123 e. The Morgan fingerprint density at radius 3 is 2.63 bits per heavy atom. The molecule has 3 aromatic rings. The molecular formula is C29H34FN3O2. The number of pyridine rings is 1. The summed E-state index contributed by atoms with van der Waals surface area (Å²) < 4.78 is 21.8. The predicted molar refractivity (Wildman–Crippen MR) is 134 cm³/mol. The van der Waals surface area contributed by atoms with Gasteiger partial charge in [0.05, 0.1) is 36.4 Å². The normalized spacial score (nSPS) is 25.0. The van der Waals surface area contributed by atoms with E-state index in [0.717, 1.165) is 42.6 Å². The molecule has 5 nitrogen and oxygen atoms in total. The minimum absolute atomic E-state index is 0.155. The maximum Gasteiger partial charge on any atom is 0.123 e. The third-order valence-electron chi connectivity index (χ3n) is 8.46. The van der Waals surface area contributed by atoms with Crippen LogP contribution in [0.4, 0.5) is 4.39 Å². The first-order chi connectivity index (χ1) is 16.8. The van der Waals surface area contributed by atoms with E-state index in [2.05, 4.69) is 36.9 Å². The summed E-state index contributed by atoms with van der Waals surface area (Å²) in [7, 11) is 0. The molecule has 5 rings (SSSR count). The van der Waals surface area contributed by atoms with Crippen LogP contribution in [0.15, 0.2) is 60.6 Å². The van der Waals surface area contributed by atoms with Crippen molar-refractivity contribution in [2.45, 2.75) is 65.1 Å². The molecule has 4 unspecified atom stereocenters. The van der Waals surface area contributed by atoms with Crippen LogP contribution in [-0.4, -0.2) is 32.6 Å². The van der Waals surface area contributed by atoms with Crippen LogP contribution in [-0.2, 0) is 11.2 Å². The van der Waals surface area contributed by atoms with Crippen molar-refractivity contribution < 1.29 is 14.2 Å². The number of aliphatic hydroxyl groups is 1. The summed E-state index contributed by atoms with van der Waals surface area (Å²) in [4.78, 5) is 4.11. The van der Waals surface area contributed by atoms with E-state index in [1.165, 1.54) is 23.3 Å². The highest BCUT2D eigenvalue weighted by molar-refractivity contribution is 5.62. The van der Waals surface area contributed by atoms with Crippen molar-refractivity contribution in [2.24, 2.45) is 10.8 Å². The molecule has 0 amide bonds. The highest BCUT2D eigenvalue weighted by Crippen LogP contribution is 2.63. The fourth-order valence-corrected chi connectivity index (χ4v) is 5.93. The van der Waals surface area contributed by atoms with E-state index >= 15 is 0 Å². The number of nitrogens with zero attached hydrogens (tertiary/aromatic N) is 3. The van der Waals surface area contributed by atoms with Gasteiger partial charge >= 0.3 is 0 Å². The van der Waals surface area contributed by atoms with Gasteiger partial charge < -0.3 is 9.84 Å². The van der Waals surface area contributed by atoms with Crippen molar-refractivity contribution in [2.75, 3.05) is 6.61 Å². The first-order valence-corrected chi connectivity index (χ1v) is 12.6. The number of hydrogen-bond donors (Lipinski definition) is 1. The Bertz CT molecular complexity index is 1210. The largest absolute Gasteiger partial charge is 0.388 e. The lowest BCUT2D eigenvalue weighted by molar-refractivity contribution is -0.0669. The van der Waals surface area contributed by atoms with Gasteiger partial charge in [-0.15, -0.1) is 0 Å². The van der Waals surface area contributed by atoms with Gasteiger partial charge in [-0.1, -0.05) is 19.4 Å². The minimum Gasteiger partial charge on any atom is -0.388 e. The van der Waals surface area contributed by atoms with Gasteiger partial charge in [0.15, 0.2) is 0 Å². The standard InChI is InChI=1S/C29H34FN3O2/c1-4-20(2)35-19-29(17-27(34)21-10-13-31-14-11-21)12-9-23-15-26-22(16-28(23,29)3)18-32-33(26)25-7-5-24(30)6-8-25/h5-8,10-11,13-15,18,20,27,34H,4,9,12,16-17,19H2,1-3H3. The van der Waals surface area contributed by atoms with Crippen molar-refractivity contribution in [1.29, 1.82) is 0 Å². The monoisotopic (exact) mass is 475 g/mol. The van der Waals surface area contributed by atoms with Crippen LogP contribution in [0.1, 0.15) is 69.4 Å². The number of aliphatic hydroxyl groups excluding tert-OH is 1. The molecule has 0 spiro atoms. The first kappa shape index (κ1) is 23.9. The zero-order chi connectivity index (χ0) is 24.6. The van der Waals surface area contributed by atoms with Gasteiger partial charge in [0.2, 0.25) is 0 Å².